The highest BCUT2D eigenvalue weighted by atomic mass is 32.1. The monoisotopic (exact) mass is 280 g/mol. The van der Waals surface area contributed by atoms with Crippen LogP contribution in [0.2, 0.25) is 0 Å². The van der Waals surface area contributed by atoms with Gasteiger partial charge in [-0.25, -0.2) is 4.98 Å². The quantitative estimate of drug-likeness (QED) is 0.790. The van der Waals surface area contributed by atoms with Crippen LogP contribution in [0.4, 0.5) is 18.3 Å². The molecule has 3 nitrogen and oxygen atoms in total. The molecular weight excluding hydrogens is 265 g/mol. The van der Waals surface area contributed by atoms with Gasteiger partial charge in [-0.3, -0.25) is 0 Å². The Morgan fingerprint density at radius 2 is 2.17 bits per heavy atom. The first kappa shape index (κ1) is 13.6. The number of alkyl halides is 3. The number of halogens is 3. The number of nitrogens with zero attached hydrogens (tertiary/aromatic N) is 2. The van der Waals surface area contributed by atoms with Crippen LogP contribution in [0.25, 0.3) is 0 Å². The number of hydrogen-bond acceptors (Lipinski definition) is 4. The van der Waals surface area contributed by atoms with Gasteiger partial charge in [0, 0.05) is 13.1 Å². The van der Waals surface area contributed by atoms with Crippen LogP contribution < -0.4 is 4.90 Å². The minimum absolute atomic E-state index is 0.0213. The van der Waals surface area contributed by atoms with Crippen LogP contribution in [-0.4, -0.2) is 29.8 Å². The summed E-state index contributed by atoms with van der Waals surface area (Å²) in [4.78, 5) is 5.07. The fraction of sp³-hybridized carbons (Fsp3) is 0.727. The first-order valence-corrected chi connectivity index (χ1v) is 6.45. The lowest BCUT2D eigenvalue weighted by atomic mass is 10.1. The molecule has 0 aliphatic carbocycles. The third kappa shape index (κ3) is 2.95. The highest BCUT2D eigenvalue weighted by molar-refractivity contribution is 7.15. The van der Waals surface area contributed by atoms with Crippen molar-refractivity contribution in [3.8, 4) is 0 Å². The summed E-state index contributed by atoms with van der Waals surface area (Å²) < 4.78 is 43.3. The fourth-order valence-corrected chi connectivity index (χ4v) is 2.93. The molecule has 1 aromatic heterocycles. The second-order valence-electron chi connectivity index (χ2n) is 5.07. The summed E-state index contributed by atoms with van der Waals surface area (Å²) in [5.41, 5.74) is -0.373. The van der Waals surface area contributed by atoms with Crippen LogP contribution in [0.5, 0.6) is 0 Å². The average Bonchev–Trinajstić information content (AvgIpc) is 2.61. The lowest BCUT2D eigenvalue weighted by molar-refractivity contribution is -0.134. The van der Waals surface area contributed by atoms with E-state index in [2.05, 4.69) is 4.98 Å². The Balaban J connectivity index is 2.19. The largest absolute Gasteiger partial charge is 0.427 e. The average molecular weight is 280 g/mol. The Labute approximate surface area is 108 Å². The molecule has 18 heavy (non-hydrogen) atoms. The molecule has 7 heteroatoms. The predicted octanol–water partition coefficient (Wildman–Crippen LogP) is 3.17. The minimum atomic E-state index is -4.32. The SMILES string of the molecule is CC1CN(c2ncc(C(F)(F)F)s2)CC(C)(C)O1. The molecule has 1 saturated heterocycles. The number of morpholine rings is 1. The van der Waals surface area contributed by atoms with Gasteiger partial charge in [0.2, 0.25) is 0 Å². The maximum atomic E-state index is 12.5. The third-order valence-electron chi connectivity index (χ3n) is 2.61. The van der Waals surface area contributed by atoms with Crippen LogP contribution in [-0.2, 0) is 10.9 Å². The first-order chi connectivity index (χ1) is 8.17. The molecule has 1 unspecified atom stereocenters. The summed E-state index contributed by atoms with van der Waals surface area (Å²) >= 11 is 0.683. The second kappa shape index (κ2) is 4.38. The van der Waals surface area contributed by atoms with Crippen molar-refractivity contribution in [2.24, 2.45) is 0 Å². The van der Waals surface area contributed by atoms with Crippen molar-refractivity contribution in [2.75, 3.05) is 18.0 Å². The van der Waals surface area contributed by atoms with Crippen molar-refractivity contribution in [3.63, 3.8) is 0 Å². The third-order valence-corrected chi connectivity index (χ3v) is 3.72. The molecule has 0 N–H and O–H groups in total. The molecule has 1 aliphatic heterocycles. The molecule has 1 atom stereocenters. The zero-order valence-corrected chi connectivity index (χ0v) is 11.2. The normalized spacial score (nSPS) is 24.3. The molecule has 1 aromatic rings. The van der Waals surface area contributed by atoms with Gasteiger partial charge in [0.15, 0.2) is 5.13 Å². The van der Waals surface area contributed by atoms with E-state index in [4.69, 9.17) is 4.74 Å². The van der Waals surface area contributed by atoms with Gasteiger partial charge in [-0.15, -0.1) is 0 Å². The molecule has 1 fully saturated rings. The molecule has 0 saturated carbocycles. The van der Waals surface area contributed by atoms with Crippen LogP contribution >= 0.6 is 11.3 Å². The maximum Gasteiger partial charge on any atom is 0.427 e. The van der Waals surface area contributed by atoms with Gasteiger partial charge in [-0.1, -0.05) is 11.3 Å². The van der Waals surface area contributed by atoms with Crippen molar-refractivity contribution in [3.05, 3.63) is 11.1 Å². The van der Waals surface area contributed by atoms with E-state index in [1.165, 1.54) is 0 Å². The molecule has 0 spiro atoms. The maximum absolute atomic E-state index is 12.5. The van der Waals surface area contributed by atoms with Crippen LogP contribution in [0.1, 0.15) is 25.6 Å². The molecule has 0 aromatic carbocycles. The summed E-state index contributed by atoms with van der Waals surface area (Å²) in [6.45, 7) is 6.87. The number of anilines is 1. The van der Waals surface area contributed by atoms with Crippen molar-refractivity contribution in [1.82, 2.24) is 4.98 Å². The molecule has 2 rings (SSSR count). The van der Waals surface area contributed by atoms with Crippen molar-refractivity contribution in [1.29, 1.82) is 0 Å². The number of ether oxygens (including phenoxy) is 1. The van der Waals surface area contributed by atoms with E-state index < -0.39 is 11.1 Å². The van der Waals surface area contributed by atoms with E-state index in [1.54, 1.807) is 0 Å². The van der Waals surface area contributed by atoms with Crippen LogP contribution in [0.3, 0.4) is 0 Å². The molecule has 1 aliphatic rings. The van der Waals surface area contributed by atoms with E-state index >= 15 is 0 Å². The van der Waals surface area contributed by atoms with Crippen LogP contribution in [0, 0.1) is 0 Å². The molecule has 0 bridgehead atoms. The van der Waals surface area contributed by atoms with Gasteiger partial charge in [0.05, 0.1) is 17.9 Å². The second-order valence-corrected chi connectivity index (χ2v) is 6.08. The fourth-order valence-electron chi connectivity index (χ4n) is 2.14. The van der Waals surface area contributed by atoms with Crippen molar-refractivity contribution < 1.29 is 17.9 Å². The topological polar surface area (TPSA) is 25.4 Å². The summed E-state index contributed by atoms with van der Waals surface area (Å²) in [7, 11) is 0. The smallest absolute Gasteiger partial charge is 0.369 e. The highest BCUT2D eigenvalue weighted by Gasteiger charge is 2.36. The lowest BCUT2D eigenvalue weighted by Gasteiger charge is -2.41. The summed E-state index contributed by atoms with van der Waals surface area (Å²) in [5.74, 6) is 0. The number of rotatable bonds is 1. The van der Waals surface area contributed by atoms with Crippen molar-refractivity contribution >= 4 is 16.5 Å². The van der Waals surface area contributed by atoms with Gasteiger partial charge in [-0.2, -0.15) is 13.2 Å². The van der Waals surface area contributed by atoms with E-state index in [0.29, 0.717) is 29.6 Å². The molecule has 102 valence electrons. The van der Waals surface area contributed by atoms with Gasteiger partial charge in [0.1, 0.15) is 4.88 Å². The van der Waals surface area contributed by atoms with Crippen LogP contribution in [0.15, 0.2) is 6.20 Å². The number of aromatic nitrogens is 1. The zero-order chi connectivity index (χ0) is 13.6. The van der Waals surface area contributed by atoms with Gasteiger partial charge >= 0.3 is 6.18 Å². The Hall–Kier alpha value is -0.820. The minimum Gasteiger partial charge on any atom is -0.369 e. The first-order valence-electron chi connectivity index (χ1n) is 5.63. The van der Waals surface area contributed by atoms with Gasteiger partial charge in [0.25, 0.3) is 0 Å². The molecule has 0 radical (unpaired) electrons. The molecule has 2 heterocycles. The Kier molecular flexibility index (Phi) is 3.31. The van der Waals surface area contributed by atoms with E-state index in [0.717, 1.165) is 6.20 Å². The standard InChI is InChI=1S/C11H15F3N2OS/c1-7-5-16(6-10(2,3)17-7)9-15-4-8(18-9)11(12,13)14/h4,7H,5-6H2,1-3H3. The van der Waals surface area contributed by atoms with Crippen molar-refractivity contribution in [2.45, 2.75) is 38.7 Å². The Morgan fingerprint density at radius 1 is 1.50 bits per heavy atom. The molecular formula is C11H15F3N2OS. The lowest BCUT2D eigenvalue weighted by Crippen LogP contribution is -2.52. The molecule has 0 amide bonds. The highest BCUT2D eigenvalue weighted by Crippen LogP contribution is 2.37. The van der Waals surface area contributed by atoms with E-state index in [-0.39, 0.29) is 11.7 Å². The van der Waals surface area contributed by atoms with E-state index in [9.17, 15) is 13.2 Å². The summed E-state index contributed by atoms with van der Waals surface area (Å²) in [6.07, 6.45) is -3.44. The zero-order valence-electron chi connectivity index (χ0n) is 10.4. The van der Waals surface area contributed by atoms with E-state index in [1.807, 2.05) is 25.7 Å². The van der Waals surface area contributed by atoms with Gasteiger partial charge < -0.3 is 9.64 Å². The Morgan fingerprint density at radius 3 is 2.67 bits per heavy atom. The number of hydrogen-bond donors (Lipinski definition) is 0. The summed E-state index contributed by atoms with van der Waals surface area (Å²) in [6, 6.07) is 0. The summed E-state index contributed by atoms with van der Waals surface area (Å²) in [5, 5.41) is 0.408. The number of thiazole rings is 1. The van der Waals surface area contributed by atoms with Gasteiger partial charge in [-0.05, 0) is 20.8 Å². The Bertz CT molecular complexity index is 430. The predicted molar refractivity (Wildman–Crippen MR) is 64.0 cm³/mol.